The fourth-order valence-corrected chi connectivity index (χ4v) is 4.70. The average molecular weight is 415 g/mol. The Hall–Kier alpha value is -3.06. The van der Waals surface area contributed by atoms with E-state index in [-0.39, 0.29) is 4.90 Å². The second kappa shape index (κ2) is 8.53. The molecule has 0 heterocycles. The van der Waals surface area contributed by atoms with E-state index in [1.54, 1.807) is 63.6 Å². The van der Waals surface area contributed by atoms with Crippen molar-refractivity contribution >= 4 is 15.7 Å². The van der Waals surface area contributed by atoms with Crippen LogP contribution in [0.15, 0.2) is 77.7 Å². The van der Waals surface area contributed by atoms with E-state index in [2.05, 4.69) is 0 Å². The Kier molecular flexibility index (Phi) is 6.08. The molecule has 3 aromatic rings. The maximum Gasteiger partial charge on any atom is 0.264 e. The van der Waals surface area contributed by atoms with Gasteiger partial charge in [-0.05, 0) is 73.2 Å². The normalized spacial score (nSPS) is 12.3. The number of sulfonamides is 1. The van der Waals surface area contributed by atoms with E-state index in [1.807, 2.05) is 6.07 Å². The Morgan fingerprint density at radius 2 is 1.48 bits per heavy atom. The molecule has 152 valence electrons. The summed E-state index contributed by atoms with van der Waals surface area (Å²) in [4.78, 5) is 0.00413. The molecule has 0 saturated heterocycles. The number of anilines is 1. The molecule has 0 aliphatic rings. The maximum atomic E-state index is 13.5. The zero-order valence-corrected chi connectivity index (χ0v) is 17.2. The third kappa shape index (κ3) is 4.35. The topological polar surface area (TPSA) is 55.8 Å². The van der Waals surface area contributed by atoms with Gasteiger partial charge in [-0.25, -0.2) is 12.8 Å². The molecule has 3 aromatic carbocycles. The molecule has 0 radical (unpaired) electrons. The van der Waals surface area contributed by atoms with Crippen LogP contribution in [0, 0.1) is 5.82 Å². The summed E-state index contributed by atoms with van der Waals surface area (Å²) >= 11 is 0. The molecular formula is C22H22FNO4S. The Bertz CT molecular complexity index is 1070. The minimum atomic E-state index is -3.97. The van der Waals surface area contributed by atoms with Gasteiger partial charge in [0.2, 0.25) is 0 Å². The summed E-state index contributed by atoms with van der Waals surface area (Å²) in [7, 11) is -0.874. The van der Waals surface area contributed by atoms with Crippen molar-refractivity contribution in [3.63, 3.8) is 0 Å². The number of benzene rings is 3. The fraction of sp³-hybridized carbons (Fsp3) is 0.182. The van der Waals surface area contributed by atoms with Crippen LogP contribution < -0.4 is 13.8 Å². The number of methoxy groups -OCH3 is 2. The standard InChI is InChI=1S/C22H22FNO4S/c1-16(17-5-4-6-21(15-17)28-3)24(19-9-11-20(27-2)12-10-19)29(25,26)22-13-7-18(23)8-14-22/h4-16H,1-3H3. The van der Waals surface area contributed by atoms with E-state index < -0.39 is 21.9 Å². The Morgan fingerprint density at radius 1 is 0.862 bits per heavy atom. The first-order chi connectivity index (χ1) is 13.9. The van der Waals surface area contributed by atoms with Crippen LogP contribution in [-0.4, -0.2) is 22.6 Å². The second-order valence-corrected chi connectivity index (χ2v) is 8.22. The van der Waals surface area contributed by atoms with Gasteiger partial charge in [0.15, 0.2) is 0 Å². The van der Waals surface area contributed by atoms with Gasteiger partial charge in [0.1, 0.15) is 17.3 Å². The molecule has 0 bridgehead atoms. The number of halogens is 1. The van der Waals surface area contributed by atoms with E-state index in [9.17, 15) is 12.8 Å². The van der Waals surface area contributed by atoms with Gasteiger partial charge in [-0.15, -0.1) is 0 Å². The highest BCUT2D eigenvalue weighted by Crippen LogP contribution is 2.35. The van der Waals surface area contributed by atoms with Crippen LogP contribution in [0.25, 0.3) is 0 Å². The Balaban J connectivity index is 2.13. The quantitative estimate of drug-likeness (QED) is 0.556. The molecule has 0 amide bonds. The van der Waals surface area contributed by atoms with E-state index in [4.69, 9.17) is 9.47 Å². The van der Waals surface area contributed by atoms with Crippen LogP contribution in [0.4, 0.5) is 10.1 Å². The molecule has 1 atom stereocenters. The van der Waals surface area contributed by atoms with E-state index in [1.165, 1.54) is 16.4 Å². The van der Waals surface area contributed by atoms with Gasteiger partial charge >= 0.3 is 0 Å². The molecule has 0 N–H and O–H groups in total. The van der Waals surface area contributed by atoms with E-state index in [0.29, 0.717) is 17.2 Å². The number of hydrogen-bond donors (Lipinski definition) is 0. The first kappa shape index (κ1) is 20.7. The summed E-state index contributed by atoms with van der Waals surface area (Å²) in [5, 5.41) is 0. The summed E-state index contributed by atoms with van der Waals surface area (Å²) < 4.78 is 52.1. The second-order valence-electron chi connectivity index (χ2n) is 6.41. The van der Waals surface area contributed by atoms with Crippen LogP contribution in [0.2, 0.25) is 0 Å². The highest BCUT2D eigenvalue weighted by atomic mass is 32.2. The molecule has 0 spiro atoms. The van der Waals surface area contributed by atoms with Crippen LogP contribution in [0.5, 0.6) is 11.5 Å². The van der Waals surface area contributed by atoms with Crippen molar-refractivity contribution in [2.75, 3.05) is 18.5 Å². The third-order valence-corrected chi connectivity index (χ3v) is 6.54. The molecule has 0 aliphatic carbocycles. The average Bonchev–Trinajstić information content (AvgIpc) is 2.74. The number of rotatable bonds is 7. The summed E-state index contributed by atoms with van der Waals surface area (Å²) in [5.41, 5.74) is 1.22. The van der Waals surface area contributed by atoms with E-state index in [0.717, 1.165) is 17.7 Å². The van der Waals surface area contributed by atoms with Crippen molar-refractivity contribution in [1.82, 2.24) is 0 Å². The molecule has 0 aromatic heterocycles. The van der Waals surface area contributed by atoms with Gasteiger partial charge in [0.25, 0.3) is 10.0 Å². The number of hydrogen-bond acceptors (Lipinski definition) is 4. The highest BCUT2D eigenvalue weighted by Gasteiger charge is 2.30. The summed E-state index contributed by atoms with van der Waals surface area (Å²) in [5.74, 6) is 0.742. The summed E-state index contributed by atoms with van der Waals surface area (Å²) in [6, 6.07) is 18.2. The van der Waals surface area contributed by atoms with Crippen LogP contribution in [0.3, 0.4) is 0 Å². The van der Waals surface area contributed by atoms with Gasteiger partial charge in [-0.2, -0.15) is 0 Å². The van der Waals surface area contributed by atoms with Crippen LogP contribution in [0.1, 0.15) is 18.5 Å². The lowest BCUT2D eigenvalue weighted by molar-refractivity contribution is 0.414. The minimum absolute atomic E-state index is 0.00413. The fourth-order valence-electron chi connectivity index (χ4n) is 3.06. The van der Waals surface area contributed by atoms with Crippen molar-refractivity contribution in [3.8, 4) is 11.5 Å². The molecule has 0 saturated carbocycles. The molecule has 0 aliphatic heterocycles. The first-order valence-corrected chi connectivity index (χ1v) is 10.4. The summed E-state index contributed by atoms with van der Waals surface area (Å²) in [6.45, 7) is 1.79. The molecule has 1 unspecified atom stereocenters. The highest BCUT2D eigenvalue weighted by molar-refractivity contribution is 7.92. The lowest BCUT2D eigenvalue weighted by Gasteiger charge is -2.31. The van der Waals surface area contributed by atoms with Gasteiger partial charge in [-0.3, -0.25) is 4.31 Å². The molecule has 29 heavy (non-hydrogen) atoms. The first-order valence-electron chi connectivity index (χ1n) is 8.95. The van der Waals surface area contributed by atoms with Crippen molar-refractivity contribution in [1.29, 1.82) is 0 Å². The molecule has 7 heteroatoms. The monoisotopic (exact) mass is 415 g/mol. The molecule has 3 rings (SSSR count). The van der Waals surface area contributed by atoms with Crippen LogP contribution >= 0.6 is 0 Å². The smallest absolute Gasteiger partial charge is 0.264 e. The lowest BCUT2D eigenvalue weighted by atomic mass is 10.1. The van der Waals surface area contributed by atoms with Gasteiger partial charge in [0.05, 0.1) is 30.8 Å². The predicted molar refractivity (Wildman–Crippen MR) is 110 cm³/mol. The minimum Gasteiger partial charge on any atom is -0.497 e. The van der Waals surface area contributed by atoms with Crippen LogP contribution in [-0.2, 0) is 10.0 Å². The zero-order chi connectivity index (χ0) is 21.0. The number of nitrogens with zero attached hydrogens (tertiary/aromatic N) is 1. The number of ether oxygens (including phenoxy) is 2. The SMILES string of the molecule is COc1ccc(N(C(C)c2cccc(OC)c2)S(=O)(=O)c2ccc(F)cc2)cc1. The molecule has 0 fully saturated rings. The largest absolute Gasteiger partial charge is 0.497 e. The maximum absolute atomic E-state index is 13.5. The van der Waals surface area contributed by atoms with Crippen molar-refractivity contribution < 1.29 is 22.3 Å². The molecular weight excluding hydrogens is 393 g/mol. The summed E-state index contributed by atoms with van der Waals surface area (Å²) in [6.07, 6.45) is 0. The Labute approximate surface area is 170 Å². The zero-order valence-electron chi connectivity index (χ0n) is 16.4. The van der Waals surface area contributed by atoms with E-state index >= 15 is 0 Å². The van der Waals surface area contributed by atoms with Gasteiger partial charge < -0.3 is 9.47 Å². The lowest BCUT2D eigenvalue weighted by Crippen LogP contribution is -2.33. The third-order valence-electron chi connectivity index (χ3n) is 4.63. The van der Waals surface area contributed by atoms with Crippen molar-refractivity contribution in [2.45, 2.75) is 17.9 Å². The predicted octanol–water partition coefficient (Wildman–Crippen LogP) is 4.80. The Morgan fingerprint density at radius 3 is 2.07 bits per heavy atom. The van der Waals surface area contributed by atoms with Crippen molar-refractivity contribution in [2.24, 2.45) is 0 Å². The van der Waals surface area contributed by atoms with Crippen molar-refractivity contribution in [3.05, 3.63) is 84.2 Å². The molecule has 5 nitrogen and oxygen atoms in total. The van der Waals surface area contributed by atoms with Gasteiger partial charge in [0, 0.05) is 0 Å². The van der Waals surface area contributed by atoms with Gasteiger partial charge in [-0.1, -0.05) is 12.1 Å².